The maximum atomic E-state index is 12.1. The van der Waals surface area contributed by atoms with Crippen LogP contribution in [-0.4, -0.2) is 49.3 Å². The third-order valence-electron chi connectivity index (χ3n) is 3.96. The molecule has 2 fully saturated rings. The van der Waals surface area contributed by atoms with Crippen LogP contribution in [0.2, 0.25) is 0 Å². The average molecular weight is 265 g/mol. The van der Waals surface area contributed by atoms with Crippen molar-refractivity contribution in [3.05, 3.63) is 12.2 Å². The van der Waals surface area contributed by atoms with E-state index in [-0.39, 0.29) is 24.7 Å². The molecule has 0 spiro atoms. The Balaban J connectivity index is 1.63. The van der Waals surface area contributed by atoms with Gasteiger partial charge < -0.3 is 15.3 Å². The second-order valence-electron chi connectivity index (χ2n) is 4.98. The highest BCUT2D eigenvalue weighted by atomic mass is 16.4. The highest BCUT2D eigenvalue weighted by Gasteiger charge is 2.51. The number of H-pyrrole nitrogens is 1. The number of urea groups is 1. The summed E-state index contributed by atoms with van der Waals surface area (Å²) in [4.78, 5) is 28.9. The number of carboxylic acid groups (broad SMARTS) is 1. The minimum Gasteiger partial charge on any atom is -0.481 e. The summed E-state index contributed by atoms with van der Waals surface area (Å²) in [6.07, 6.45) is 3.61. The SMILES string of the molecule is O=C(O)C1CC2CCC1N2C(=O)NCc1ncn[nH]1. The van der Waals surface area contributed by atoms with Gasteiger partial charge in [0.05, 0.1) is 12.5 Å². The van der Waals surface area contributed by atoms with Crippen LogP contribution < -0.4 is 5.32 Å². The quantitative estimate of drug-likeness (QED) is 0.709. The van der Waals surface area contributed by atoms with E-state index in [2.05, 4.69) is 20.5 Å². The molecule has 0 aromatic carbocycles. The Hall–Kier alpha value is -2.12. The minimum absolute atomic E-state index is 0.0563. The fourth-order valence-corrected chi connectivity index (χ4v) is 3.14. The van der Waals surface area contributed by atoms with E-state index in [1.807, 2.05) is 0 Å². The smallest absolute Gasteiger partial charge is 0.318 e. The molecule has 1 aromatic rings. The zero-order chi connectivity index (χ0) is 13.4. The van der Waals surface area contributed by atoms with Crippen molar-refractivity contribution in [2.24, 2.45) is 5.92 Å². The first-order chi connectivity index (χ1) is 9.16. The van der Waals surface area contributed by atoms with Gasteiger partial charge in [-0.3, -0.25) is 9.89 Å². The topological polar surface area (TPSA) is 111 Å². The molecule has 2 aliphatic rings. The molecular weight excluding hydrogens is 250 g/mol. The molecule has 0 radical (unpaired) electrons. The fourth-order valence-electron chi connectivity index (χ4n) is 3.14. The molecule has 3 rings (SSSR count). The number of aromatic amines is 1. The lowest BCUT2D eigenvalue weighted by Gasteiger charge is -2.23. The molecule has 3 N–H and O–H groups in total. The Bertz CT molecular complexity index is 489. The number of hydrogen-bond donors (Lipinski definition) is 3. The first-order valence-electron chi connectivity index (χ1n) is 6.30. The highest BCUT2D eigenvalue weighted by molar-refractivity contribution is 5.79. The van der Waals surface area contributed by atoms with E-state index in [0.29, 0.717) is 12.2 Å². The van der Waals surface area contributed by atoms with Gasteiger partial charge in [0.2, 0.25) is 0 Å². The lowest BCUT2D eigenvalue weighted by Crippen LogP contribution is -2.44. The number of carboxylic acids is 1. The summed E-state index contributed by atoms with van der Waals surface area (Å²) in [5, 5.41) is 18.2. The summed E-state index contributed by atoms with van der Waals surface area (Å²) in [6.45, 7) is 0.270. The molecule has 3 heterocycles. The molecule has 2 amide bonds. The van der Waals surface area contributed by atoms with Crippen LogP contribution in [0, 0.1) is 5.92 Å². The number of hydrogen-bond acceptors (Lipinski definition) is 4. The molecule has 19 heavy (non-hydrogen) atoms. The van der Waals surface area contributed by atoms with E-state index in [1.165, 1.54) is 6.33 Å². The van der Waals surface area contributed by atoms with E-state index < -0.39 is 11.9 Å². The Morgan fingerprint density at radius 1 is 1.53 bits per heavy atom. The van der Waals surface area contributed by atoms with Crippen molar-refractivity contribution in [2.75, 3.05) is 0 Å². The van der Waals surface area contributed by atoms with Gasteiger partial charge in [0, 0.05) is 12.1 Å². The second-order valence-corrected chi connectivity index (χ2v) is 4.98. The summed E-state index contributed by atoms with van der Waals surface area (Å²) >= 11 is 0. The zero-order valence-electron chi connectivity index (χ0n) is 10.2. The van der Waals surface area contributed by atoms with Gasteiger partial charge in [0.1, 0.15) is 12.2 Å². The third kappa shape index (κ3) is 2.02. The predicted molar refractivity (Wildman–Crippen MR) is 63.0 cm³/mol. The molecule has 8 nitrogen and oxygen atoms in total. The van der Waals surface area contributed by atoms with Crippen LogP contribution in [0.3, 0.4) is 0 Å². The van der Waals surface area contributed by atoms with Gasteiger partial charge in [0.15, 0.2) is 0 Å². The van der Waals surface area contributed by atoms with E-state index in [4.69, 9.17) is 5.11 Å². The van der Waals surface area contributed by atoms with Gasteiger partial charge in [-0.25, -0.2) is 9.78 Å². The van der Waals surface area contributed by atoms with Crippen LogP contribution in [0.4, 0.5) is 4.79 Å². The first-order valence-corrected chi connectivity index (χ1v) is 6.30. The summed E-state index contributed by atoms with van der Waals surface area (Å²) in [6, 6.07) is -0.328. The molecule has 2 aliphatic heterocycles. The molecule has 0 saturated carbocycles. The first kappa shape index (κ1) is 11.9. The van der Waals surface area contributed by atoms with Crippen molar-refractivity contribution in [1.82, 2.24) is 25.4 Å². The predicted octanol–water partition coefficient (Wildman–Crippen LogP) is -0.0482. The van der Waals surface area contributed by atoms with Gasteiger partial charge in [-0.15, -0.1) is 0 Å². The molecular formula is C11H15N5O3. The number of nitrogens with one attached hydrogen (secondary N) is 2. The molecule has 3 atom stereocenters. The van der Waals surface area contributed by atoms with Gasteiger partial charge in [-0.05, 0) is 19.3 Å². The molecule has 1 aromatic heterocycles. The maximum absolute atomic E-state index is 12.1. The lowest BCUT2D eigenvalue weighted by molar-refractivity contribution is -0.142. The van der Waals surface area contributed by atoms with E-state index in [1.54, 1.807) is 4.90 Å². The normalized spacial score (nSPS) is 28.6. The number of carbonyl (C=O) groups excluding carboxylic acids is 1. The Morgan fingerprint density at radius 3 is 3.00 bits per heavy atom. The summed E-state index contributed by atoms with van der Waals surface area (Å²) < 4.78 is 0. The number of carbonyl (C=O) groups is 2. The standard InChI is InChI=1S/C11H15N5O3/c17-10(18)7-3-6-1-2-8(7)16(6)11(19)12-4-9-13-5-14-15-9/h5-8H,1-4H2,(H,12,19)(H,17,18)(H,13,14,15). The van der Waals surface area contributed by atoms with Crippen LogP contribution in [-0.2, 0) is 11.3 Å². The number of aromatic nitrogens is 3. The molecule has 8 heteroatoms. The molecule has 3 unspecified atom stereocenters. The van der Waals surface area contributed by atoms with E-state index in [0.717, 1.165) is 12.8 Å². The average Bonchev–Trinajstić information content (AvgIpc) is 3.11. The van der Waals surface area contributed by atoms with Gasteiger partial charge >= 0.3 is 12.0 Å². The highest BCUT2D eigenvalue weighted by Crippen LogP contribution is 2.41. The van der Waals surface area contributed by atoms with Gasteiger partial charge in [-0.1, -0.05) is 0 Å². The van der Waals surface area contributed by atoms with Crippen LogP contribution >= 0.6 is 0 Å². The van der Waals surface area contributed by atoms with Crippen molar-refractivity contribution < 1.29 is 14.7 Å². The van der Waals surface area contributed by atoms with Crippen LogP contribution in [0.1, 0.15) is 25.1 Å². The van der Waals surface area contributed by atoms with E-state index in [9.17, 15) is 9.59 Å². The third-order valence-corrected chi connectivity index (χ3v) is 3.96. The second kappa shape index (κ2) is 4.52. The molecule has 102 valence electrons. The number of amides is 2. The van der Waals surface area contributed by atoms with Crippen molar-refractivity contribution in [3.8, 4) is 0 Å². The summed E-state index contributed by atoms with van der Waals surface area (Å²) in [7, 11) is 0. The van der Waals surface area contributed by atoms with Crippen molar-refractivity contribution >= 4 is 12.0 Å². The molecule has 2 bridgehead atoms. The van der Waals surface area contributed by atoms with Crippen molar-refractivity contribution in [1.29, 1.82) is 0 Å². The summed E-state index contributed by atoms with van der Waals surface area (Å²) in [5.74, 6) is -0.648. The minimum atomic E-state index is -0.805. The van der Waals surface area contributed by atoms with Crippen LogP contribution in [0.15, 0.2) is 6.33 Å². The zero-order valence-corrected chi connectivity index (χ0v) is 10.2. The number of fused-ring (bicyclic) bond motifs is 2. The number of rotatable bonds is 3. The monoisotopic (exact) mass is 265 g/mol. The Kier molecular flexibility index (Phi) is 2.84. The lowest BCUT2D eigenvalue weighted by atomic mass is 9.89. The van der Waals surface area contributed by atoms with Crippen LogP contribution in [0.25, 0.3) is 0 Å². The Labute approximate surface area is 109 Å². The summed E-state index contributed by atoms with van der Waals surface area (Å²) in [5.41, 5.74) is 0. The molecule has 0 aliphatic carbocycles. The largest absolute Gasteiger partial charge is 0.481 e. The van der Waals surface area contributed by atoms with E-state index >= 15 is 0 Å². The van der Waals surface area contributed by atoms with Gasteiger partial charge in [-0.2, -0.15) is 5.10 Å². The fraction of sp³-hybridized carbons (Fsp3) is 0.636. The molecule has 2 saturated heterocycles. The Morgan fingerprint density at radius 2 is 2.37 bits per heavy atom. The van der Waals surface area contributed by atoms with Gasteiger partial charge in [0.25, 0.3) is 0 Å². The van der Waals surface area contributed by atoms with Crippen molar-refractivity contribution in [3.63, 3.8) is 0 Å². The maximum Gasteiger partial charge on any atom is 0.318 e. The van der Waals surface area contributed by atoms with Crippen molar-refractivity contribution in [2.45, 2.75) is 37.9 Å². The number of aliphatic carboxylic acids is 1. The number of nitrogens with zero attached hydrogens (tertiary/aromatic N) is 3. The van der Waals surface area contributed by atoms with Crippen LogP contribution in [0.5, 0.6) is 0 Å².